The van der Waals surface area contributed by atoms with E-state index in [2.05, 4.69) is 45.7 Å². The third-order valence-corrected chi connectivity index (χ3v) is 5.06. The summed E-state index contributed by atoms with van der Waals surface area (Å²) in [6.45, 7) is -0.129. The molecule has 0 fully saturated rings. The van der Waals surface area contributed by atoms with Gasteiger partial charge in [-0.05, 0) is 37.0 Å². The molecule has 0 saturated heterocycles. The Kier molecular flexibility index (Phi) is 2.33. The van der Waals surface area contributed by atoms with E-state index < -0.39 is 6.85 Å². The number of para-hydroxylation sites is 1. The van der Waals surface area contributed by atoms with Gasteiger partial charge in [0, 0.05) is 22.2 Å². The van der Waals surface area contributed by atoms with E-state index in [1.54, 1.807) is 12.1 Å². The Balaban J connectivity index is 1.71. The number of aromatic nitrogens is 3. The maximum absolute atomic E-state index is 7.64. The Hall–Kier alpha value is -2.94. The molecule has 1 aliphatic rings. The van der Waals surface area contributed by atoms with Crippen LogP contribution in [0.2, 0.25) is 0 Å². The van der Waals surface area contributed by atoms with Crippen LogP contribution in [0.1, 0.15) is 26.6 Å². The summed E-state index contributed by atoms with van der Waals surface area (Å²) in [5.41, 5.74) is 7.91. The summed E-state index contributed by atoms with van der Waals surface area (Å²) in [6, 6.07) is 15.9. The maximum Gasteiger partial charge on any atom is 0.214 e. The number of rotatable bonds is 1. The van der Waals surface area contributed by atoms with Gasteiger partial charge < -0.3 is 0 Å². The third kappa shape index (κ3) is 2.05. The second-order valence-corrected chi connectivity index (χ2v) is 6.74. The fourth-order valence-corrected chi connectivity index (χ4v) is 3.87. The lowest BCUT2D eigenvalue weighted by atomic mass is 10.0. The molecule has 0 atom stereocenters. The van der Waals surface area contributed by atoms with Crippen LogP contribution in [0, 0.1) is 13.8 Å². The molecule has 2 aromatic carbocycles. The molecule has 0 amide bonds. The Morgan fingerprint density at radius 1 is 1.16 bits per heavy atom. The van der Waals surface area contributed by atoms with Gasteiger partial charge in [-0.15, -0.1) is 0 Å². The monoisotopic (exact) mass is 329 g/mol. The summed E-state index contributed by atoms with van der Waals surface area (Å²) < 4.78 is 27.2. The Labute approximate surface area is 151 Å². The van der Waals surface area contributed by atoms with Crippen molar-refractivity contribution in [3.05, 3.63) is 77.2 Å². The smallest absolute Gasteiger partial charge is 0.214 e. The molecule has 0 bridgehead atoms. The van der Waals surface area contributed by atoms with Crippen molar-refractivity contribution in [3.8, 4) is 16.9 Å². The summed E-state index contributed by atoms with van der Waals surface area (Å²) >= 11 is 0. The highest BCUT2D eigenvalue weighted by atomic mass is 15.1. The average molecular weight is 329 g/mol. The van der Waals surface area contributed by atoms with Gasteiger partial charge >= 0.3 is 0 Å². The number of aryl methyl sites for hydroxylation is 3. The minimum atomic E-state index is -2.09. The lowest BCUT2D eigenvalue weighted by Gasteiger charge is -2.07. The van der Waals surface area contributed by atoms with Gasteiger partial charge in [-0.2, -0.15) is 4.57 Å². The quantitative estimate of drug-likeness (QED) is 0.425. The van der Waals surface area contributed by atoms with Gasteiger partial charge in [0.05, 0.1) is 11.2 Å². The van der Waals surface area contributed by atoms with E-state index in [4.69, 9.17) is 9.10 Å². The summed E-state index contributed by atoms with van der Waals surface area (Å²) in [5.74, 6) is 1.06. The first-order valence-electron chi connectivity index (χ1n) is 9.94. The topological polar surface area (TPSA) is 21.7 Å². The Morgan fingerprint density at radius 2 is 2.04 bits per heavy atom. The van der Waals surface area contributed by atoms with Crippen LogP contribution < -0.4 is 4.57 Å². The Bertz CT molecular complexity index is 1250. The van der Waals surface area contributed by atoms with Gasteiger partial charge in [-0.1, -0.05) is 35.9 Å². The molecule has 5 rings (SSSR count). The fourth-order valence-electron chi connectivity index (χ4n) is 3.87. The zero-order chi connectivity index (χ0) is 19.6. The van der Waals surface area contributed by atoms with Crippen LogP contribution in [-0.4, -0.2) is 9.55 Å². The predicted molar refractivity (Wildman–Crippen MR) is 100.0 cm³/mol. The SMILES string of the molecule is [2H]C([2H])([2H])c1ccc(-c2cc3c(c[n+]2C)nc2n3-c3ccccc3C2)c(C)c1. The summed E-state index contributed by atoms with van der Waals surface area (Å²) in [7, 11) is 2.00. The van der Waals surface area contributed by atoms with Crippen LogP contribution in [0.3, 0.4) is 0 Å². The first kappa shape index (κ1) is 11.6. The average Bonchev–Trinajstić information content (AvgIpc) is 3.15. The minimum absolute atomic E-state index is 0.372. The molecule has 0 unspecified atom stereocenters. The highest BCUT2D eigenvalue weighted by Gasteiger charge is 2.25. The highest BCUT2D eigenvalue weighted by molar-refractivity contribution is 5.82. The fraction of sp³-hybridized carbons (Fsp3) is 0.182. The number of imidazole rings is 1. The van der Waals surface area contributed by atoms with Gasteiger partial charge in [0.2, 0.25) is 5.69 Å². The molecule has 0 N–H and O–H groups in total. The maximum atomic E-state index is 7.64. The van der Waals surface area contributed by atoms with Crippen LogP contribution in [0.4, 0.5) is 0 Å². The van der Waals surface area contributed by atoms with E-state index in [1.165, 1.54) is 11.3 Å². The van der Waals surface area contributed by atoms with Gasteiger partial charge in [0.25, 0.3) is 0 Å². The van der Waals surface area contributed by atoms with Crippen LogP contribution in [0.15, 0.2) is 54.7 Å². The van der Waals surface area contributed by atoms with Crippen molar-refractivity contribution in [1.29, 1.82) is 0 Å². The van der Waals surface area contributed by atoms with E-state index >= 15 is 0 Å². The molecular weight excluding hydrogens is 306 g/mol. The standard InChI is InChI=1S/C22H20N3/c1-14-8-9-17(15(2)10-14)20-12-21-18(13-24(20)3)23-22-11-16-6-4-5-7-19(16)25(21)22/h4-10,12-13H,11H2,1-3H3/q+1/i1D3. The number of hydrogen-bond acceptors (Lipinski definition) is 1. The third-order valence-electron chi connectivity index (χ3n) is 5.06. The lowest BCUT2D eigenvalue weighted by molar-refractivity contribution is -0.659. The number of hydrogen-bond donors (Lipinski definition) is 0. The second kappa shape index (κ2) is 5.03. The number of fused-ring (bicyclic) bond motifs is 5. The van der Waals surface area contributed by atoms with Gasteiger partial charge in [0.1, 0.15) is 12.9 Å². The van der Waals surface area contributed by atoms with Gasteiger partial charge in [-0.25, -0.2) is 4.98 Å². The molecule has 2 aromatic heterocycles. The Morgan fingerprint density at radius 3 is 2.88 bits per heavy atom. The first-order valence-corrected chi connectivity index (χ1v) is 8.44. The van der Waals surface area contributed by atoms with Crippen molar-refractivity contribution < 1.29 is 8.68 Å². The first-order chi connectivity index (χ1) is 13.3. The zero-order valence-corrected chi connectivity index (χ0v) is 14.2. The largest absolute Gasteiger partial charge is 0.295 e. The van der Waals surface area contributed by atoms with Crippen molar-refractivity contribution >= 4 is 11.0 Å². The molecule has 3 heterocycles. The van der Waals surface area contributed by atoms with Gasteiger partial charge in [-0.3, -0.25) is 4.57 Å². The molecule has 122 valence electrons. The van der Waals surface area contributed by atoms with Crippen molar-refractivity contribution in [1.82, 2.24) is 9.55 Å². The van der Waals surface area contributed by atoms with Crippen molar-refractivity contribution in [2.24, 2.45) is 7.05 Å². The zero-order valence-electron chi connectivity index (χ0n) is 17.2. The summed E-state index contributed by atoms with van der Waals surface area (Å²) in [6.07, 6.45) is 2.89. The van der Waals surface area contributed by atoms with E-state index in [0.29, 0.717) is 5.56 Å². The van der Waals surface area contributed by atoms with Crippen molar-refractivity contribution in [2.45, 2.75) is 20.2 Å². The molecule has 0 saturated carbocycles. The minimum Gasteiger partial charge on any atom is -0.295 e. The van der Waals surface area contributed by atoms with E-state index in [-0.39, 0.29) is 0 Å². The molecule has 0 radical (unpaired) electrons. The molecule has 25 heavy (non-hydrogen) atoms. The highest BCUT2D eigenvalue weighted by Crippen LogP contribution is 2.33. The molecule has 3 heteroatoms. The molecule has 3 nitrogen and oxygen atoms in total. The van der Waals surface area contributed by atoms with Crippen LogP contribution in [0.5, 0.6) is 0 Å². The van der Waals surface area contributed by atoms with Crippen molar-refractivity contribution in [2.75, 3.05) is 0 Å². The number of nitrogens with zero attached hydrogens (tertiary/aromatic N) is 3. The summed E-state index contributed by atoms with van der Waals surface area (Å²) in [5, 5.41) is 0. The predicted octanol–water partition coefficient (Wildman–Crippen LogP) is 4.04. The van der Waals surface area contributed by atoms with E-state index in [0.717, 1.165) is 40.1 Å². The van der Waals surface area contributed by atoms with E-state index in [1.807, 2.05) is 20.0 Å². The summed E-state index contributed by atoms with van der Waals surface area (Å²) in [4.78, 5) is 4.84. The molecule has 0 spiro atoms. The lowest BCUT2D eigenvalue weighted by Crippen LogP contribution is -2.30. The molecule has 0 aliphatic carbocycles. The van der Waals surface area contributed by atoms with Crippen molar-refractivity contribution in [3.63, 3.8) is 0 Å². The van der Waals surface area contributed by atoms with Crippen LogP contribution >= 0.6 is 0 Å². The molecule has 1 aliphatic heterocycles. The van der Waals surface area contributed by atoms with E-state index in [9.17, 15) is 0 Å². The number of pyridine rings is 1. The van der Waals surface area contributed by atoms with Gasteiger partial charge in [0.15, 0.2) is 11.7 Å². The van der Waals surface area contributed by atoms with Crippen LogP contribution in [-0.2, 0) is 13.5 Å². The van der Waals surface area contributed by atoms with Crippen LogP contribution in [0.25, 0.3) is 28.0 Å². The normalized spacial score (nSPS) is 14.7. The number of benzene rings is 2. The second-order valence-electron chi connectivity index (χ2n) is 6.74. The molecule has 4 aromatic rings. The molecular formula is C22H20N3+.